The average molecular weight is 198 g/mol. The van der Waals surface area contributed by atoms with Crippen molar-refractivity contribution < 1.29 is 18.0 Å². The van der Waals surface area contributed by atoms with E-state index in [-0.39, 0.29) is 11.8 Å². The predicted molar refractivity (Wildman–Crippen MR) is 44.4 cm³/mol. The number of benzene rings is 1. The van der Waals surface area contributed by atoms with Gasteiger partial charge in [-0.25, -0.2) is 0 Å². The molecule has 1 nitrogen and oxygen atoms in total. The van der Waals surface area contributed by atoms with Crippen LogP contribution in [0, 0.1) is 11.8 Å². The monoisotopic (exact) mass is 198 g/mol. The summed E-state index contributed by atoms with van der Waals surface area (Å²) < 4.78 is 37.0. The van der Waals surface area contributed by atoms with Gasteiger partial charge in [-0.15, -0.1) is 0 Å². The highest BCUT2D eigenvalue weighted by atomic mass is 19.4. The summed E-state index contributed by atoms with van der Waals surface area (Å²) in [6, 6.07) is 4.85. The summed E-state index contributed by atoms with van der Waals surface area (Å²) >= 11 is 0. The standard InChI is InChI=1S/C10H5F3O/c11-10(12,13)9-6-2-1-4-8(9)5-3-7-14/h1-2,4,6-7H. The Labute approximate surface area is 78.5 Å². The van der Waals surface area contributed by atoms with E-state index in [1.807, 2.05) is 5.92 Å². The van der Waals surface area contributed by atoms with E-state index in [0.717, 1.165) is 6.07 Å². The Bertz CT molecular complexity index is 396. The van der Waals surface area contributed by atoms with Crippen LogP contribution in [0.1, 0.15) is 11.1 Å². The van der Waals surface area contributed by atoms with E-state index in [9.17, 15) is 18.0 Å². The van der Waals surface area contributed by atoms with Crippen LogP contribution in [-0.2, 0) is 11.0 Å². The van der Waals surface area contributed by atoms with E-state index >= 15 is 0 Å². The van der Waals surface area contributed by atoms with Gasteiger partial charge in [0.15, 0.2) is 6.29 Å². The number of hydrogen-bond donors (Lipinski definition) is 0. The van der Waals surface area contributed by atoms with Crippen LogP contribution in [0.2, 0.25) is 0 Å². The fraction of sp³-hybridized carbons (Fsp3) is 0.100. The lowest BCUT2D eigenvalue weighted by atomic mass is 10.1. The molecule has 0 N–H and O–H groups in total. The van der Waals surface area contributed by atoms with Crippen molar-refractivity contribution in [3.05, 3.63) is 35.4 Å². The van der Waals surface area contributed by atoms with E-state index in [0.29, 0.717) is 0 Å². The summed E-state index contributed by atoms with van der Waals surface area (Å²) in [7, 11) is 0. The number of aldehydes is 1. The zero-order chi connectivity index (χ0) is 10.6. The molecule has 72 valence electrons. The lowest BCUT2D eigenvalue weighted by Gasteiger charge is -2.07. The lowest BCUT2D eigenvalue weighted by molar-refractivity contribution is -0.137. The van der Waals surface area contributed by atoms with Crippen LogP contribution in [0.3, 0.4) is 0 Å². The second kappa shape index (κ2) is 3.97. The fourth-order valence-electron chi connectivity index (χ4n) is 0.947. The molecule has 0 aliphatic carbocycles. The molecule has 14 heavy (non-hydrogen) atoms. The Morgan fingerprint density at radius 1 is 1.21 bits per heavy atom. The van der Waals surface area contributed by atoms with Crippen molar-refractivity contribution in [2.24, 2.45) is 0 Å². The van der Waals surface area contributed by atoms with Crippen molar-refractivity contribution in [2.45, 2.75) is 6.18 Å². The third kappa shape index (κ3) is 2.36. The second-order valence-electron chi connectivity index (χ2n) is 2.43. The predicted octanol–water partition coefficient (Wildman–Crippen LogP) is 2.26. The molecule has 0 amide bonds. The maximum Gasteiger partial charge on any atom is 0.417 e. The minimum Gasteiger partial charge on any atom is -0.289 e. The van der Waals surface area contributed by atoms with Crippen LogP contribution in [-0.4, -0.2) is 6.29 Å². The molecule has 0 unspecified atom stereocenters. The van der Waals surface area contributed by atoms with Crippen molar-refractivity contribution in [1.29, 1.82) is 0 Å². The van der Waals surface area contributed by atoms with Crippen LogP contribution in [0.15, 0.2) is 24.3 Å². The number of carbonyl (C=O) groups excluding carboxylic acids is 1. The molecule has 1 aromatic carbocycles. The molecular weight excluding hydrogens is 193 g/mol. The Balaban J connectivity index is 3.23. The highest BCUT2D eigenvalue weighted by Gasteiger charge is 2.32. The van der Waals surface area contributed by atoms with Crippen molar-refractivity contribution in [1.82, 2.24) is 0 Å². The zero-order valence-electron chi connectivity index (χ0n) is 6.93. The molecule has 0 saturated heterocycles. The molecule has 0 heterocycles. The van der Waals surface area contributed by atoms with E-state index in [1.165, 1.54) is 18.2 Å². The van der Waals surface area contributed by atoms with E-state index < -0.39 is 11.7 Å². The Kier molecular flexibility index (Phi) is 2.92. The van der Waals surface area contributed by atoms with Crippen LogP contribution >= 0.6 is 0 Å². The number of carbonyl (C=O) groups is 1. The summed E-state index contributed by atoms with van der Waals surface area (Å²) in [5, 5.41) is 0. The smallest absolute Gasteiger partial charge is 0.289 e. The first-order chi connectivity index (χ1) is 6.55. The molecular formula is C10H5F3O. The number of hydrogen-bond acceptors (Lipinski definition) is 1. The molecule has 1 rings (SSSR count). The first kappa shape index (κ1) is 10.3. The average Bonchev–Trinajstić information content (AvgIpc) is 2.14. The van der Waals surface area contributed by atoms with Crippen molar-refractivity contribution in [3.8, 4) is 11.8 Å². The largest absolute Gasteiger partial charge is 0.417 e. The number of halogens is 3. The molecule has 0 aromatic heterocycles. The molecule has 4 heteroatoms. The number of rotatable bonds is 0. The maximum absolute atomic E-state index is 12.3. The van der Waals surface area contributed by atoms with E-state index in [4.69, 9.17) is 0 Å². The molecule has 0 bridgehead atoms. The molecule has 0 aliphatic rings. The SMILES string of the molecule is O=CC#Cc1ccccc1C(F)(F)F. The summed E-state index contributed by atoms with van der Waals surface area (Å²) in [5.41, 5.74) is -1.01. The van der Waals surface area contributed by atoms with Crippen molar-refractivity contribution >= 4 is 6.29 Å². The van der Waals surface area contributed by atoms with Gasteiger partial charge in [0.1, 0.15) is 0 Å². The van der Waals surface area contributed by atoms with Crippen molar-refractivity contribution in [2.75, 3.05) is 0 Å². The lowest BCUT2D eigenvalue weighted by Crippen LogP contribution is -2.07. The Morgan fingerprint density at radius 3 is 2.43 bits per heavy atom. The third-order valence-corrected chi connectivity index (χ3v) is 1.50. The van der Waals surface area contributed by atoms with Crippen LogP contribution < -0.4 is 0 Å². The van der Waals surface area contributed by atoms with Crippen LogP contribution in [0.5, 0.6) is 0 Å². The van der Waals surface area contributed by atoms with E-state index in [1.54, 1.807) is 0 Å². The van der Waals surface area contributed by atoms with Crippen molar-refractivity contribution in [3.63, 3.8) is 0 Å². The van der Waals surface area contributed by atoms with Gasteiger partial charge in [-0.05, 0) is 18.1 Å². The molecule has 0 radical (unpaired) electrons. The van der Waals surface area contributed by atoms with Gasteiger partial charge in [-0.3, -0.25) is 4.79 Å². The first-order valence-corrected chi connectivity index (χ1v) is 3.67. The van der Waals surface area contributed by atoms with Gasteiger partial charge < -0.3 is 0 Å². The van der Waals surface area contributed by atoms with Gasteiger partial charge in [0, 0.05) is 5.56 Å². The summed E-state index contributed by atoms with van der Waals surface area (Å²) in [6.07, 6.45) is -4.18. The minimum absolute atomic E-state index is 0.188. The molecule has 0 saturated carbocycles. The minimum atomic E-state index is -4.44. The summed E-state index contributed by atoms with van der Waals surface area (Å²) in [6.45, 7) is 0. The van der Waals surface area contributed by atoms with Gasteiger partial charge in [-0.1, -0.05) is 18.1 Å². The van der Waals surface area contributed by atoms with Gasteiger partial charge in [0.05, 0.1) is 5.56 Å². The van der Waals surface area contributed by atoms with Gasteiger partial charge in [0.2, 0.25) is 0 Å². The van der Waals surface area contributed by atoms with Gasteiger partial charge in [0.25, 0.3) is 0 Å². The number of alkyl halides is 3. The quantitative estimate of drug-likeness (QED) is 0.461. The fourth-order valence-corrected chi connectivity index (χ4v) is 0.947. The van der Waals surface area contributed by atoms with Crippen LogP contribution in [0.25, 0.3) is 0 Å². The molecule has 0 aliphatic heterocycles. The molecule has 0 spiro atoms. The Morgan fingerprint density at radius 2 is 1.86 bits per heavy atom. The van der Waals surface area contributed by atoms with E-state index in [2.05, 4.69) is 5.92 Å². The second-order valence-corrected chi connectivity index (χ2v) is 2.43. The third-order valence-electron chi connectivity index (χ3n) is 1.50. The normalized spacial score (nSPS) is 10.2. The van der Waals surface area contributed by atoms with Crippen LogP contribution in [0.4, 0.5) is 13.2 Å². The molecule has 0 atom stereocenters. The maximum atomic E-state index is 12.3. The molecule has 1 aromatic rings. The highest BCUT2D eigenvalue weighted by Crippen LogP contribution is 2.31. The van der Waals surface area contributed by atoms with Gasteiger partial charge >= 0.3 is 6.18 Å². The Hall–Kier alpha value is -1.76. The van der Waals surface area contributed by atoms with Gasteiger partial charge in [-0.2, -0.15) is 13.2 Å². The first-order valence-electron chi connectivity index (χ1n) is 3.67. The summed E-state index contributed by atoms with van der Waals surface area (Å²) in [5.74, 6) is 4.08. The topological polar surface area (TPSA) is 17.1 Å². The zero-order valence-corrected chi connectivity index (χ0v) is 6.93. The highest BCUT2D eigenvalue weighted by molar-refractivity contribution is 5.74. The summed E-state index contributed by atoms with van der Waals surface area (Å²) in [4.78, 5) is 9.88. The molecule has 0 fully saturated rings.